The van der Waals surface area contributed by atoms with Gasteiger partial charge in [-0.1, -0.05) is 12.1 Å². The van der Waals surface area contributed by atoms with E-state index in [1.807, 2.05) is 31.3 Å². The highest BCUT2D eigenvalue weighted by Gasteiger charge is 2.33. The molecule has 2 rings (SSSR count). The van der Waals surface area contributed by atoms with Gasteiger partial charge in [0.1, 0.15) is 5.75 Å². The van der Waals surface area contributed by atoms with Crippen molar-refractivity contribution in [3.05, 3.63) is 29.8 Å². The number of rotatable bonds is 4. The van der Waals surface area contributed by atoms with Crippen LogP contribution in [0.4, 0.5) is 0 Å². The molecule has 0 radical (unpaired) electrons. The molecule has 21 heavy (non-hydrogen) atoms. The first-order valence-electron chi connectivity index (χ1n) is 6.88. The molecule has 1 aliphatic rings. The maximum Gasteiger partial charge on any atom is 0.281 e. The lowest BCUT2D eigenvalue weighted by Gasteiger charge is -2.39. The predicted molar refractivity (Wildman–Crippen MR) is 82.5 cm³/mol. The van der Waals surface area contributed by atoms with Gasteiger partial charge in [0.05, 0.1) is 7.11 Å². The molecule has 0 aromatic heterocycles. The zero-order chi connectivity index (χ0) is 15.6. The molecule has 1 aliphatic heterocycles. The van der Waals surface area contributed by atoms with Crippen LogP contribution in [0.2, 0.25) is 0 Å². The molecule has 1 atom stereocenters. The van der Waals surface area contributed by atoms with Crippen LogP contribution in [0, 0.1) is 0 Å². The Morgan fingerprint density at radius 3 is 2.33 bits per heavy atom. The van der Waals surface area contributed by atoms with Gasteiger partial charge in [0.2, 0.25) is 0 Å². The van der Waals surface area contributed by atoms with Gasteiger partial charge in [-0.25, -0.2) is 0 Å². The number of methoxy groups -OCH3 is 1. The van der Waals surface area contributed by atoms with E-state index in [9.17, 15) is 8.42 Å². The Morgan fingerprint density at radius 1 is 1.19 bits per heavy atom. The molecule has 1 aromatic carbocycles. The third-order valence-corrected chi connectivity index (χ3v) is 5.81. The topological polar surface area (TPSA) is 53.1 Å². The summed E-state index contributed by atoms with van der Waals surface area (Å²) in [5.74, 6) is 0.801. The van der Waals surface area contributed by atoms with E-state index in [-0.39, 0.29) is 6.04 Å². The van der Waals surface area contributed by atoms with Crippen LogP contribution in [0.1, 0.15) is 11.6 Å². The molecule has 118 valence electrons. The summed E-state index contributed by atoms with van der Waals surface area (Å²) in [6.07, 6.45) is 0. The van der Waals surface area contributed by atoms with Gasteiger partial charge in [-0.3, -0.25) is 4.90 Å². The Kier molecular flexibility index (Phi) is 4.88. The lowest BCUT2D eigenvalue weighted by atomic mass is 10.0. The molecule has 0 aliphatic carbocycles. The summed E-state index contributed by atoms with van der Waals surface area (Å²) in [6, 6.07) is 7.85. The molecule has 0 unspecified atom stereocenters. The molecule has 0 saturated carbocycles. The Bertz CT molecular complexity index is 572. The number of ether oxygens (including phenoxy) is 1. The molecule has 1 saturated heterocycles. The molecule has 1 aromatic rings. The van der Waals surface area contributed by atoms with Crippen LogP contribution in [-0.2, 0) is 10.2 Å². The van der Waals surface area contributed by atoms with Gasteiger partial charge in [0.15, 0.2) is 0 Å². The quantitative estimate of drug-likeness (QED) is 0.825. The van der Waals surface area contributed by atoms with Crippen LogP contribution in [0.15, 0.2) is 24.3 Å². The molecule has 7 heteroatoms. The molecule has 1 fully saturated rings. The van der Waals surface area contributed by atoms with Crippen LogP contribution in [0.5, 0.6) is 5.75 Å². The summed E-state index contributed by atoms with van der Waals surface area (Å²) in [7, 11) is 3.42. The summed E-state index contributed by atoms with van der Waals surface area (Å²) in [5.41, 5.74) is 1.09. The average molecular weight is 313 g/mol. The maximum absolute atomic E-state index is 12.3. The van der Waals surface area contributed by atoms with Gasteiger partial charge < -0.3 is 4.74 Å². The van der Waals surface area contributed by atoms with Gasteiger partial charge in [0, 0.05) is 39.8 Å². The van der Waals surface area contributed by atoms with Crippen molar-refractivity contribution in [1.29, 1.82) is 0 Å². The van der Waals surface area contributed by atoms with Gasteiger partial charge in [0.25, 0.3) is 10.2 Å². The van der Waals surface area contributed by atoms with E-state index in [0.29, 0.717) is 19.6 Å². The second-order valence-electron chi connectivity index (χ2n) is 5.42. The lowest BCUT2D eigenvalue weighted by molar-refractivity contribution is 0.144. The fourth-order valence-electron chi connectivity index (χ4n) is 2.48. The fourth-order valence-corrected chi connectivity index (χ4v) is 3.58. The van der Waals surface area contributed by atoms with E-state index in [4.69, 9.17) is 4.74 Å². The van der Waals surface area contributed by atoms with E-state index in [2.05, 4.69) is 4.90 Å². The largest absolute Gasteiger partial charge is 0.497 e. The Hall–Kier alpha value is -1.15. The number of hydrogen-bond acceptors (Lipinski definition) is 4. The summed E-state index contributed by atoms with van der Waals surface area (Å²) >= 11 is 0. The van der Waals surface area contributed by atoms with E-state index < -0.39 is 10.2 Å². The Labute approximate surface area is 127 Å². The molecule has 0 bridgehead atoms. The second-order valence-corrected chi connectivity index (χ2v) is 7.56. The van der Waals surface area contributed by atoms with Crippen molar-refractivity contribution in [3.8, 4) is 5.75 Å². The van der Waals surface area contributed by atoms with Gasteiger partial charge in [-0.05, 0) is 24.7 Å². The number of hydrogen-bond donors (Lipinski definition) is 0. The first-order valence-corrected chi connectivity index (χ1v) is 8.27. The van der Waals surface area contributed by atoms with Crippen molar-refractivity contribution < 1.29 is 13.2 Å². The molecule has 1 heterocycles. The summed E-state index contributed by atoms with van der Waals surface area (Å²) in [5, 5.41) is 0. The second kappa shape index (κ2) is 6.31. The van der Waals surface area contributed by atoms with Crippen LogP contribution < -0.4 is 4.74 Å². The van der Waals surface area contributed by atoms with Gasteiger partial charge >= 0.3 is 0 Å². The van der Waals surface area contributed by atoms with Gasteiger partial charge in [-0.2, -0.15) is 17.0 Å². The van der Waals surface area contributed by atoms with Crippen molar-refractivity contribution in [2.75, 3.05) is 47.9 Å². The molecular formula is C14H23N3O3S. The summed E-state index contributed by atoms with van der Waals surface area (Å²) in [6.45, 7) is 1.69. The summed E-state index contributed by atoms with van der Waals surface area (Å²) in [4.78, 5) is 2.18. The van der Waals surface area contributed by atoms with Crippen LogP contribution in [0.3, 0.4) is 0 Å². The summed E-state index contributed by atoms with van der Waals surface area (Å²) < 4.78 is 32.5. The fraction of sp³-hybridized carbons (Fsp3) is 0.571. The number of likely N-dealkylation sites (N-methyl/N-ethyl adjacent to an activating group) is 1. The third-order valence-electron chi connectivity index (χ3n) is 3.90. The van der Waals surface area contributed by atoms with E-state index in [0.717, 1.165) is 11.3 Å². The standard InChI is InChI=1S/C14H23N3O3S/c1-15(2)21(18,19)17-10-9-16(3)14(11-17)12-5-7-13(20-4)8-6-12/h5-8,14H,9-11H2,1-4H3/t14-/m0/s1. The zero-order valence-electron chi connectivity index (χ0n) is 13.0. The Balaban J connectivity index is 2.21. The first-order chi connectivity index (χ1) is 9.86. The molecular weight excluding hydrogens is 290 g/mol. The third kappa shape index (κ3) is 3.37. The normalized spacial score (nSPS) is 21.7. The predicted octanol–water partition coefficient (Wildman–Crippen LogP) is 0.790. The highest BCUT2D eigenvalue weighted by Crippen LogP contribution is 2.27. The van der Waals surface area contributed by atoms with Crippen molar-refractivity contribution in [3.63, 3.8) is 0 Å². The van der Waals surface area contributed by atoms with E-state index in [1.54, 1.807) is 25.5 Å². The lowest BCUT2D eigenvalue weighted by Crippen LogP contribution is -2.51. The minimum Gasteiger partial charge on any atom is -0.497 e. The van der Waals surface area contributed by atoms with Crippen LogP contribution >= 0.6 is 0 Å². The van der Waals surface area contributed by atoms with Gasteiger partial charge in [-0.15, -0.1) is 0 Å². The molecule has 0 amide bonds. The molecule has 0 N–H and O–H groups in total. The highest BCUT2D eigenvalue weighted by molar-refractivity contribution is 7.86. The van der Waals surface area contributed by atoms with Crippen molar-refractivity contribution in [2.24, 2.45) is 0 Å². The molecule has 6 nitrogen and oxygen atoms in total. The SMILES string of the molecule is COc1ccc([C@@H]2CN(S(=O)(=O)N(C)C)CCN2C)cc1. The number of benzene rings is 1. The smallest absolute Gasteiger partial charge is 0.281 e. The van der Waals surface area contributed by atoms with Crippen molar-refractivity contribution in [2.45, 2.75) is 6.04 Å². The Morgan fingerprint density at radius 2 is 1.81 bits per heavy atom. The van der Waals surface area contributed by atoms with Crippen LogP contribution in [0.25, 0.3) is 0 Å². The van der Waals surface area contributed by atoms with E-state index in [1.165, 1.54) is 4.31 Å². The maximum atomic E-state index is 12.3. The number of piperazine rings is 1. The zero-order valence-corrected chi connectivity index (χ0v) is 13.8. The molecule has 0 spiro atoms. The monoisotopic (exact) mass is 313 g/mol. The minimum absolute atomic E-state index is 0.0550. The van der Waals surface area contributed by atoms with Crippen molar-refractivity contribution >= 4 is 10.2 Å². The van der Waals surface area contributed by atoms with E-state index >= 15 is 0 Å². The van der Waals surface area contributed by atoms with Crippen molar-refractivity contribution in [1.82, 2.24) is 13.5 Å². The number of nitrogens with zero attached hydrogens (tertiary/aromatic N) is 3. The first kappa shape index (κ1) is 16.2. The highest BCUT2D eigenvalue weighted by atomic mass is 32.2. The minimum atomic E-state index is -3.36. The van der Waals surface area contributed by atoms with Crippen LogP contribution in [-0.4, -0.2) is 69.8 Å². The average Bonchev–Trinajstić information content (AvgIpc) is 2.47.